The molecule has 0 atom stereocenters. The van der Waals surface area contributed by atoms with Gasteiger partial charge in [0.1, 0.15) is 12.4 Å². The van der Waals surface area contributed by atoms with E-state index < -0.39 is 0 Å². The van der Waals surface area contributed by atoms with Gasteiger partial charge in [0.15, 0.2) is 0 Å². The highest BCUT2D eigenvalue weighted by molar-refractivity contribution is 7.10. The van der Waals surface area contributed by atoms with Gasteiger partial charge >= 0.3 is 0 Å². The molecule has 0 aliphatic carbocycles. The van der Waals surface area contributed by atoms with Crippen LogP contribution in [0.15, 0.2) is 35.7 Å². The summed E-state index contributed by atoms with van der Waals surface area (Å²) in [4.78, 5) is 1.06. The van der Waals surface area contributed by atoms with Crippen molar-refractivity contribution in [2.24, 2.45) is 0 Å². The maximum Gasteiger partial charge on any atom is 0.138 e. The highest BCUT2D eigenvalue weighted by atomic mass is 35.5. The number of benzene rings is 1. The number of hydrogen-bond donors (Lipinski definition) is 1. The van der Waals surface area contributed by atoms with E-state index in [1.54, 1.807) is 17.4 Å². The fourth-order valence-corrected chi connectivity index (χ4v) is 2.41. The monoisotopic (exact) mass is 292 g/mol. The number of aliphatic hydroxyl groups excluding tert-OH is 1. The summed E-state index contributed by atoms with van der Waals surface area (Å²) in [7, 11) is 0. The molecule has 0 spiro atoms. The Kier molecular flexibility index (Phi) is 5.29. The first-order valence-electron chi connectivity index (χ1n) is 5.84. The van der Waals surface area contributed by atoms with Crippen LogP contribution in [0.5, 0.6) is 5.75 Å². The highest BCUT2D eigenvalue weighted by Crippen LogP contribution is 2.25. The highest BCUT2D eigenvalue weighted by Gasteiger charge is 2.05. The predicted octanol–water partition coefficient (Wildman–Crippen LogP) is 3.71. The molecular weight excluding hydrogens is 280 g/mol. The van der Waals surface area contributed by atoms with Gasteiger partial charge in [0.05, 0.1) is 16.5 Å². The summed E-state index contributed by atoms with van der Waals surface area (Å²) in [6.07, 6.45) is 0.487. The summed E-state index contributed by atoms with van der Waals surface area (Å²) in [5, 5.41) is 11.3. The summed E-state index contributed by atoms with van der Waals surface area (Å²) in [5.41, 5.74) is 0.950. The van der Waals surface area contributed by atoms with Crippen molar-refractivity contribution >= 4 is 22.9 Å². The Hall–Kier alpha value is -1.47. The molecule has 0 aliphatic heterocycles. The number of rotatable bonds is 4. The smallest absolute Gasteiger partial charge is 0.138 e. The summed E-state index contributed by atoms with van der Waals surface area (Å²) in [6, 6.07) is 9.35. The van der Waals surface area contributed by atoms with Gasteiger partial charge in [0.25, 0.3) is 0 Å². The van der Waals surface area contributed by atoms with E-state index in [1.165, 1.54) is 0 Å². The molecule has 0 radical (unpaired) electrons. The summed E-state index contributed by atoms with van der Waals surface area (Å²) in [5.74, 6) is 6.62. The zero-order chi connectivity index (χ0) is 13.5. The number of aliphatic hydroxyl groups is 1. The van der Waals surface area contributed by atoms with Crippen molar-refractivity contribution in [2.45, 2.75) is 13.0 Å². The van der Waals surface area contributed by atoms with E-state index in [2.05, 4.69) is 11.8 Å². The van der Waals surface area contributed by atoms with Crippen LogP contribution >= 0.6 is 22.9 Å². The van der Waals surface area contributed by atoms with E-state index in [0.29, 0.717) is 23.8 Å². The molecule has 0 saturated carbocycles. The second-order valence-electron chi connectivity index (χ2n) is 3.75. The summed E-state index contributed by atoms with van der Waals surface area (Å²) in [6.45, 7) is 0.535. The van der Waals surface area contributed by atoms with Gasteiger partial charge in [0.2, 0.25) is 0 Å². The van der Waals surface area contributed by atoms with Gasteiger partial charge in [-0.2, -0.15) is 0 Å². The maximum absolute atomic E-state index is 8.71. The van der Waals surface area contributed by atoms with Crippen molar-refractivity contribution in [1.29, 1.82) is 0 Å². The van der Waals surface area contributed by atoms with E-state index in [4.69, 9.17) is 21.4 Å². The molecule has 1 aromatic carbocycles. The molecule has 1 heterocycles. The van der Waals surface area contributed by atoms with E-state index in [9.17, 15) is 0 Å². The van der Waals surface area contributed by atoms with Gasteiger partial charge < -0.3 is 9.84 Å². The molecule has 2 aromatic rings. The minimum atomic E-state index is 0.0859. The fraction of sp³-hybridized carbons (Fsp3) is 0.200. The van der Waals surface area contributed by atoms with Crippen LogP contribution in [0.4, 0.5) is 0 Å². The fourth-order valence-electron chi connectivity index (χ4n) is 1.48. The Morgan fingerprint density at radius 3 is 2.89 bits per heavy atom. The Morgan fingerprint density at radius 1 is 1.26 bits per heavy atom. The number of halogens is 1. The van der Waals surface area contributed by atoms with Crippen molar-refractivity contribution in [3.05, 3.63) is 51.2 Å². The van der Waals surface area contributed by atoms with Crippen LogP contribution in [0.2, 0.25) is 5.02 Å². The lowest BCUT2D eigenvalue weighted by Crippen LogP contribution is -1.95. The van der Waals surface area contributed by atoms with Gasteiger partial charge in [-0.25, -0.2) is 0 Å². The van der Waals surface area contributed by atoms with Crippen LogP contribution in [0.3, 0.4) is 0 Å². The zero-order valence-corrected chi connectivity index (χ0v) is 11.8. The lowest BCUT2D eigenvalue weighted by molar-refractivity contribution is 0.305. The van der Waals surface area contributed by atoms with Crippen LogP contribution in [-0.4, -0.2) is 11.7 Å². The molecule has 0 amide bonds. The second kappa shape index (κ2) is 7.20. The van der Waals surface area contributed by atoms with Gasteiger partial charge in [-0.15, -0.1) is 11.3 Å². The molecule has 1 aromatic heterocycles. The Labute approximate surface area is 121 Å². The standard InChI is InChI=1S/C15H13ClO2S/c16-13-6-1-2-7-14(13)18-11-15-12(8-10-19-15)5-3-4-9-17/h1-2,6-8,10,17H,4,9,11H2. The SMILES string of the molecule is OCCC#Cc1ccsc1COc1ccccc1Cl. The van der Waals surface area contributed by atoms with E-state index in [1.807, 2.05) is 29.6 Å². The number of thiophene rings is 1. The van der Waals surface area contributed by atoms with Gasteiger partial charge in [-0.05, 0) is 23.6 Å². The molecule has 0 bridgehead atoms. The van der Waals surface area contributed by atoms with Crippen molar-refractivity contribution in [2.75, 3.05) is 6.61 Å². The lowest BCUT2D eigenvalue weighted by Gasteiger charge is -2.06. The molecule has 4 heteroatoms. The van der Waals surface area contributed by atoms with Crippen LogP contribution in [0, 0.1) is 11.8 Å². The molecule has 0 saturated heterocycles. The predicted molar refractivity (Wildman–Crippen MR) is 78.7 cm³/mol. The molecule has 1 N–H and O–H groups in total. The maximum atomic E-state index is 8.71. The minimum absolute atomic E-state index is 0.0859. The Balaban J connectivity index is 2.03. The average molecular weight is 293 g/mol. The summed E-state index contributed by atoms with van der Waals surface area (Å²) < 4.78 is 5.69. The van der Waals surface area contributed by atoms with Crippen molar-refractivity contribution in [1.82, 2.24) is 0 Å². The number of ether oxygens (including phenoxy) is 1. The van der Waals surface area contributed by atoms with E-state index in [0.717, 1.165) is 10.4 Å². The van der Waals surface area contributed by atoms with Crippen molar-refractivity contribution < 1.29 is 9.84 Å². The number of para-hydroxylation sites is 1. The van der Waals surface area contributed by atoms with Crippen LogP contribution < -0.4 is 4.74 Å². The number of hydrogen-bond acceptors (Lipinski definition) is 3. The van der Waals surface area contributed by atoms with Gasteiger partial charge in [-0.1, -0.05) is 35.6 Å². The normalized spacial score (nSPS) is 9.79. The third-order valence-electron chi connectivity index (χ3n) is 2.40. The Bertz CT molecular complexity index is 595. The Morgan fingerprint density at radius 2 is 2.11 bits per heavy atom. The third kappa shape index (κ3) is 4.00. The molecule has 98 valence electrons. The van der Waals surface area contributed by atoms with Gasteiger partial charge in [0, 0.05) is 12.0 Å². The minimum Gasteiger partial charge on any atom is -0.486 e. The first-order chi connectivity index (χ1) is 9.31. The molecule has 2 nitrogen and oxygen atoms in total. The quantitative estimate of drug-likeness (QED) is 0.871. The lowest BCUT2D eigenvalue weighted by atomic mass is 10.2. The molecule has 0 fully saturated rings. The van der Waals surface area contributed by atoms with Crippen molar-refractivity contribution in [3.63, 3.8) is 0 Å². The third-order valence-corrected chi connectivity index (χ3v) is 3.61. The second-order valence-corrected chi connectivity index (χ2v) is 5.16. The molecule has 0 aliphatic rings. The first-order valence-corrected chi connectivity index (χ1v) is 7.10. The molecule has 2 rings (SSSR count). The molecule has 0 unspecified atom stereocenters. The van der Waals surface area contributed by atoms with Crippen LogP contribution in [0.25, 0.3) is 0 Å². The molecular formula is C15H13ClO2S. The molecule has 19 heavy (non-hydrogen) atoms. The largest absolute Gasteiger partial charge is 0.486 e. The topological polar surface area (TPSA) is 29.5 Å². The van der Waals surface area contributed by atoms with Crippen LogP contribution in [0.1, 0.15) is 16.9 Å². The van der Waals surface area contributed by atoms with E-state index in [-0.39, 0.29) is 6.61 Å². The summed E-state index contributed by atoms with van der Waals surface area (Å²) >= 11 is 7.63. The first kappa shape index (κ1) is 14.0. The van der Waals surface area contributed by atoms with Crippen molar-refractivity contribution in [3.8, 4) is 17.6 Å². The van der Waals surface area contributed by atoms with Gasteiger partial charge in [-0.3, -0.25) is 0 Å². The zero-order valence-electron chi connectivity index (χ0n) is 10.2. The van der Waals surface area contributed by atoms with Crippen LogP contribution in [-0.2, 0) is 6.61 Å². The average Bonchev–Trinajstić information content (AvgIpc) is 2.86. The van der Waals surface area contributed by atoms with E-state index >= 15 is 0 Å².